The van der Waals surface area contributed by atoms with E-state index in [4.69, 9.17) is 19.6 Å². The third-order valence-electron chi connectivity index (χ3n) is 4.59. The third kappa shape index (κ3) is 4.54. The minimum absolute atomic E-state index is 0.710. The first kappa shape index (κ1) is 20.5. The summed E-state index contributed by atoms with van der Waals surface area (Å²) in [5, 5.41) is 6.91. The second kappa shape index (κ2) is 9.36. The Morgan fingerprint density at radius 3 is 2.55 bits per heavy atom. The molecular weight excluding hydrogens is 410 g/mol. The van der Waals surface area contributed by atoms with Gasteiger partial charge in [0.1, 0.15) is 11.5 Å². The van der Waals surface area contributed by atoms with Gasteiger partial charge in [0.15, 0.2) is 0 Å². The maximum Gasteiger partial charge on any atom is 0.211 e. The molecule has 0 amide bonds. The molecule has 0 spiro atoms. The molecule has 4 rings (SSSR count). The molecule has 0 radical (unpaired) electrons. The predicted molar refractivity (Wildman–Crippen MR) is 122 cm³/mol. The van der Waals surface area contributed by atoms with Crippen LogP contribution in [-0.2, 0) is 0 Å². The molecule has 0 fully saturated rings. The zero-order chi connectivity index (χ0) is 21.6. The van der Waals surface area contributed by atoms with E-state index in [0.717, 1.165) is 39.7 Å². The van der Waals surface area contributed by atoms with Crippen LogP contribution in [0, 0.1) is 0 Å². The highest BCUT2D eigenvalue weighted by Crippen LogP contribution is 2.34. The predicted octanol–water partition coefficient (Wildman–Crippen LogP) is 4.53. The van der Waals surface area contributed by atoms with E-state index in [1.54, 1.807) is 39.0 Å². The number of ether oxygens (including phenoxy) is 2. The summed E-state index contributed by atoms with van der Waals surface area (Å²) in [6.07, 6.45) is 6.94. The average molecular weight is 432 g/mol. The Morgan fingerprint density at radius 2 is 1.84 bits per heavy atom. The summed E-state index contributed by atoms with van der Waals surface area (Å²) in [4.78, 5) is 13.7. The molecule has 31 heavy (non-hydrogen) atoms. The van der Waals surface area contributed by atoms with E-state index in [1.165, 1.54) is 11.3 Å². The lowest BCUT2D eigenvalue weighted by molar-refractivity contribution is 0.404. The summed E-state index contributed by atoms with van der Waals surface area (Å²) in [5.41, 5.74) is 4.26. The summed E-state index contributed by atoms with van der Waals surface area (Å²) in [6.45, 7) is 1.96. The number of thiazole rings is 1. The number of nitrogens with zero attached hydrogens (tertiary/aromatic N) is 5. The Bertz CT molecular complexity index is 1260. The van der Waals surface area contributed by atoms with E-state index in [0.29, 0.717) is 4.80 Å². The fourth-order valence-corrected chi connectivity index (χ4v) is 3.85. The number of hydrogen-bond acceptors (Lipinski definition) is 7. The van der Waals surface area contributed by atoms with Gasteiger partial charge in [-0.05, 0) is 49.4 Å². The molecule has 8 heteroatoms. The van der Waals surface area contributed by atoms with Crippen molar-refractivity contribution in [1.29, 1.82) is 0 Å². The fraction of sp³-hybridized carbons (Fsp3) is 0.130. The van der Waals surface area contributed by atoms with Crippen molar-refractivity contribution in [3.05, 3.63) is 83.0 Å². The first-order chi connectivity index (χ1) is 15.2. The molecule has 3 aromatic heterocycles. The zero-order valence-corrected chi connectivity index (χ0v) is 18.2. The van der Waals surface area contributed by atoms with Gasteiger partial charge in [-0.2, -0.15) is 5.10 Å². The van der Waals surface area contributed by atoms with Gasteiger partial charge in [-0.15, -0.1) is 11.3 Å². The Morgan fingerprint density at radius 1 is 1.00 bits per heavy atom. The summed E-state index contributed by atoms with van der Waals surface area (Å²) in [7, 11) is 3.29. The number of hydrogen-bond donors (Lipinski definition) is 0. The average Bonchev–Trinajstić information content (AvgIpc) is 3.21. The van der Waals surface area contributed by atoms with Crippen molar-refractivity contribution in [2.75, 3.05) is 14.2 Å². The monoisotopic (exact) mass is 431 g/mol. The van der Waals surface area contributed by atoms with E-state index in [2.05, 4.69) is 9.97 Å². The smallest absolute Gasteiger partial charge is 0.211 e. The van der Waals surface area contributed by atoms with Crippen molar-refractivity contribution in [3.8, 4) is 22.8 Å². The standard InChI is InChI=1S/C23H21N5O2S/c1-16(17-8-11-24-12-9-17)27-28-21(20-13-19(29-2)6-7-22(20)30-3)15-31-23(28)26-18-5-4-10-25-14-18/h4-15H,1-3H3. The fourth-order valence-electron chi connectivity index (χ4n) is 3.00. The van der Waals surface area contributed by atoms with Crippen molar-refractivity contribution in [1.82, 2.24) is 14.6 Å². The molecule has 4 aromatic rings. The molecule has 3 heterocycles. The van der Waals surface area contributed by atoms with Gasteiger partial charge in [0.05, 0.1) is 37.5 Å². The molecule has 0 saturated heterocycles. The van der Waals surface area contributed by atoms with Gasteiger partial charge in [0, 0.05) is 35.1 Å². The molecule has 0 aliphatic carbocycles. The lowest BCUT2D eigenvalue weighted by Gasteiger charge is -2.11. The SMILES string of the molecule is COc1ccc(OC)c(-c2csc(=Nc3cccnc3)n2N=C(C)c2ccncc2)c1. The van der Waals surface area contributed by atoms with Crippen LogP contribution >= 0.6 is 11.3 Å². The molecule has 0 N–H and O–H groups in total. The maximum atomic E-state index is 5.61. The van der Waals surface area contributed by atoms with Gasteiger partial charge in [0.2, 0.25) is 4.80 Å². The van der Waals surface area contributed by atoms with Crippen molar-refractivity contribution in [3.63, 3.8) is 0 Å². The quantitative estimate of drug-likeness (QED) is 0.421. The van der Waals surface area contributed by atoms with Crippen LogP contribution < -0.4 is 14.3 Å². The van der Waals surface area contributed by atoms with Crippen molar-refractivity contribution >= 4 is 22.7 Å². The molecule has 0 aliphatic rings. The summed E-state index contributed by atoms with van der Waals surface area (Å²) < 4.78 is 12.9. The number of methoxy groups -OCH3 is 2. The van der Waals surface area contributed by atoms with Crippen LogP contribution in [0.15, 0.2) is 82.7 Å². The van der Waals surface area contributed by atoms with E-state index < -0.39 is 0 Å². The highest BCUT2D eigenvalue weighted by Gasteiger charge is 2.15. The summed E-state index contributed by atoms with van der Waals surface area (Å²) >= 11 is 1.49. The molecule has 1 aromatic carbocycles. The van der Waals surface area contributed by atoms with Gasteiger partial charge in [-0.3, -0.25) is 9.97 Å². The van der Waals surface area contributed by atoms with E-state index in [1.807, 2.05) is 59.4 Å². The molecule has 7 nitrogen and oxygen atoms in total. The summed E-state index contributed by atoms with van der Waals surface area (Å²) in [5.74, 6) is 1.45. The lowest BCUT2D eigenvalue weighted by atomic mass is 10.1. The normalized spacial score (nSPS) is 12.1. The Balaban J connectivity index is 1.95. The van der Waals surface area contributed by atoms with Crippen LogP contribution in [0.1, 0.15) is 12.5 Å². The first-order valence-electron chi connectivity index (χ1n) is 9.53. The number of aromatic nitrogens is 3. The molecule has 0 aliphatic heterocycles. The van der Waals surface area contributed by atoms with Crippen LogP contribution in [0.4, 0.5) is 5.69 Å². The van der Waals surface area contributed by atoms with Crippen LogP contribution in [0.25, 0.3) is 11.3 Å². The van der Waals surface area contributed by atoms with E-state index in [9.17, 15) is 0 Å². The van der Waals surface area contributed by atoms with Gasteiger partial charge in [0.25, 0.3) is 0 Å². The van der Waals surface area contributed by atoms with Crippen LogP contribution in [0.5, 0.6) is 11.5 Å². The number of rotatable bonds is 6. The number of benzene rings is 1. The Kier molecular flexibility index (Phi) is 6.18. The topological polar surface area (TPSA) is 73.9 Å². The second-order valence-corrected chi connectivity index (χ2v) is 7.36. The molecule has 0 unspecified atom stereocenters. The molecule has 0 atom stereocenters. The summed E-state index contributed by atoms with van der Waals surface area (Å²) in [6, 6.07) is 13.3. The van der Waals surface area contributed by atoms with Crippen molar-refractivity contribution in [2.45, 2.75) is 6.92 Å². The van der Waals surface area contributed by atoms with Crippen LogP contribution in [-0.4, -0.2) is 34.6 Å². The zero-order valence-electron chi connectivity index (χ0n) is 17.4. The second-order valence-electron chi connectivity index (χ2n) is 6.53. The maximum absolute atomic E-state index is 5.61. The minimum atomic E-state index is 0.710. The molecule has 156 valence electrons. The van der Waals surface area contributed by atoms with Crippen molar-refractivity contribution < 1.29 is 9.47 Å². The third-order valence-corrected chi connectivity index (χ3v) is 5.40. The van der Waals surface area contributed by atoms with Gasteiger partial charge >= 0.3 is 0 Å². The highest BCUT2D eigenvalue weighted by atomic mass is 32.1. The highest BCUT2D eigenvalue weighted by molar-refractivity contribution is 7.07. The lowest BCUT2D eigenvalue weighted by Crippen LogP contribution is -2.14. The van der Waals surface area contributed by atoms with E-state index in [-0.39, 0.29) is 0 Å². The van der Waals surface area contributed by atoms with Crippen LogP contribution in [0.3, 0.4) is 0 Å². The largest absolute Gasteiger partial charge is 0.497 e. The van der Waals surface area contributed by atoms with Gasteiger partial charge < -0.3 is 9.47 Å². The van der Waals surface area contributed by atoms with Gasteiger partial charge in [-0.25, -0.2) is 9.67 Å². The first-order valence-corrected chi connectivity index (χ1v) is 10.4. The van der Waals surface area contributed by atoms with Crippen LogP contribution in [0.2, 0.25) is 0 Å². The Labute approximate surface area is 184 Å². The minimum Gasteiger partial charge on any atom is -0.497 e. The number of pyridine rings is 2. The van der Waals surface area contributed by atoms with Gasteiger partial charge in [-0.1, -0.05) is 0 Å². The van der Waals surface area contributed by atoms with Crippen molar-refractivity contribution in [2.24, 2.45) is 10.1 Å². The van der Waals surface area contributed by atoms with E-state index >= 15 is 0 Å². The molecule has 0 saturated carbocycles. The molecular formula is C23H21N5O2S. The molecule has 0 bridgehead atoms. The Hall–Kier alpha value is -3.78.